The zero-order chi connectivity index (χ0) is 24.6. The van der Waals surface area contributed by atoms with Crippen LogP contribution in [0.4, 0.5) is 23.5 Å². The minimum absolute atomic E-state index is 0.00464. The van der Waals surface area contributed by atoms with Gasteiger partial charge in [-0.05, 0) is 44.6 Å². The molecule has 0 unspecified atom stereocenters. The predicted octanol–water partition coefficient (Wildman–Crippen LogP) is 3.32. The van der Waals surface area contributed by atoms with E-state index in [0.717, 1.165) is 51.9 Å². The van der Waals surface area contributed by atoms with E-state index in [0.29, 0.717) is 34.1 Å². The molecule has 4 rings (SSSR count). The topological polar surface area (TPSA) is 124 Å². The molecule has 0 aliphatic carbocycles. The number of anilines is 3. The molecule has 2 saturated heterocycles. The number of rotatable bonds is 9. The Hall–Kier alpha value is -2.99. The van der Waals surface area contributed by atoms with Gasteiger partial charge in [0.05, 0.1) is 22.6 Å². The smallest absolute Gasteiger partial charge is 0.283 e. The third-order valence-electron chi connectivity index (χ3n) is 6.08. The number of benzene rings is 1. The van der Waals surface area contributed by atoms with Crippen molar-refractivity contribution in [3.05, 3.63) is 33.9 Å². The summed E-state index contributed by atoms with van der Waals surface area (Å²) < 4.78 is 0. The molecule has 11 nitrogen and oxygen atoms in total. The quantitative estimate of drug-likeness (QED) is 0.237. The van der Waals surface area contributed by atoms with Crippen molar-refractivity contribution in [1.29, 1.82) is 0 Å². The van der Waals surface area contributed by atoms with Crippen molar-refractivity contribution in [3.63, 3.8) is 0 Å². The molecule has 0 saturated carbocycles. The van der Waals surface area contributed by atoms with Crippen LogP contribution in [0.25, 0.3) is 0 Å². The highest BCUT2D eigenvalue weighted by Crippen LogP contribution is 2.30. The number of aliphatic hydroxyl groups excluding tert-OH is 1. The Bertz CT molecular complexity index is 1010. The SMILES string of the molecule is CN(/N=C/c1ccc(SCCO)c([N+](=O)[O-])c1)c1nc(N2CCCCC2)nc(N2CCCCC2)n1. The van der Waals surface area contributed by atoms with Gasteiger partial charge in [-0.2, -0.15) is 20.1 Å². The Kier molecular flexibility index (Phi) is 8.69. The van der Waals surface area contributed by atoms with E-state index in [4.69, 9.17) is 20.1 Å². The first kappa shape index (κ1) is 25.1. The molecule has 0 atom stereocenters. The fraction of sp³-hybridized carbons (Fsp3) is 0.565. The van der Waals surface area contributed by atoms with Crippen LogP contribution < -0.4 is 14.8 Å². The van der Waals surface area contributed by atoms with Gasteiger partial charge in [-0.1, -0.05) is 6.07 Å². The van der Waals surface area contributed by atoms with Gasteiger partial charge in [0, 0.05) is 50.6 Å². The largest absolute Gasteiger partial charge is 0.396 e. The van der Waals surface area contributed by atoms with Crippen LogP contribution in [-0.4, -0.2) is 76.8 Å². The lowest BCUT2D eigenvalue weighted by Gasteiger charge is -2.30. The van der Waals surface area contributed by atoms with Crippen molar-refractivity contribution >= 4 is 41.5 Å². The van der Waals surface area contributed by atoms with Crippen LogP contribution >= 0.6 is 11.8 Å². The average Bonchev–Trinajstić information content (AvgIpc) is 2.91. The minimum atomic E-state index is -0.414. The van der Waals surface area contributed by atoms with E-state index < -0.39 is 4.92 Å². The molecule has 1 aromatic carbocycles. The molecular weight excluding hydrogens is 468 g/mol. The second kappa shape index (κ2) is 12.1. The van der Waals surface area contributed by atoms with Crippen molar-refractivity contribution in [2.75, 3.05) is 60.4 Å². The molecule has 0 spiro atoms. The lowest BCUT2D eigenvalue weighted by Crippen LogP contribution is -2.35. The molecular formula is C23H32N8O3S. The molecule has 1 aromatic heterocycles. The van der Waals surface area contributed by atoms with Gasteiger partial charge in [0.25, 0.3) is 11.6 Å². The van der Waals surface area contributed by atoms with Crippen LogP contribution in [0, 0.1) is 10.1 Å². The molecule has 0 bridgehead atoms. The minimum Gasteiger partial charge on any atom is -0.396 e. The van der Waals surface area contributed by atoms with E-state index in [1.165, 1.54) is 30.7 Å². The fourth-order valence-electron chi connectivity index (χ4n) is 4.20. The molecule has 12 heteroatoms. The average molecular weight is 501 g/mol. The number of hydrazone groups is 1. The predicted molar refractivity (Wildman–Crippen MR) is 139 cm³/mol. The third-order valence-corrected chi connectivity index (χ3v) is 7.12. The summed E-state index contributed by atoms with van der Waals surface area (Å²) in [5.41, 5.74) is 0.591. The maximum atomic E-state index is 11.5. The van der Waals surface area contributed by atoms with Gasteiger partial charge in [0.1, 0.15) is 0 Å². The van der Waals surface area contributed by atoms with Crippen LogP contribution in [-0.2, 0) is 0 Å². The summed E-state index contributed by atoms with van der Waals surface area (Å²) in [6.45, 7) is 3.68. The summed E-state index contributed by atoms with van der Waals surface area (Å²) in [4.78, 5) is 30.3. The molecule has 1 N–H and O–H groups in total. The highest BCUT2D eigenvalue weighted by atomic mass is 32.2. The van der Waals surface area contributed by atoms with E-state index in [2.05, 4.69) is 14.9 Å². The van der Waals surface area contributed by atoms with Gasteiger partial charge < -0.3 is 14.9 Å². The number of aliphatic hydroxyl groups is 1. The number of nitro groups is 1. The second-order valence-corrected chi connectivity index (χ2v) is 9.79. The van der Waals surface area contributed by atoms with Crippen LogP contribution in [0.2, 0.25) is 0 Å². The first-order chi connectivity index (χ1) is 17.0. The number of piperidine rings is 2. The van der Waals surface area contributed by atoms with Gasteiger partial charge >= 0.3 is 0 Å². The van der Waals surface area contributed by atoms with Crippen LogP contribution in [0.3, 0.4) is 0 Å². The van der Waals surface area contributed by atoms with Gasteiger partial charge in [0.2, 0.25) is 11.9 Å². The van der Waals surface area contributed by atoms with Crippen molar-refractivity contribution in [2.24, 2.45) is 5.10 Å². The zero-order valence-electron chi connectivity index (χ0n) is 20.0. The number of thioether (sulfide) groups is 1. The molecule has 2 aliphatic heterocycles. The summed E-state index contributed by atoms with van der Waals surface area (Å²) in [6.07, 6.45) is 8.51. The molecule has 188 valence electrons. The maximum absolute atomic E-state index is 11.5. The molecule has 2 fully saturated rings. The third kappa shape index (κ3) is 6.57. The first-order valence-corrected chi connectivity index (χ1v) is 13.1. The molecule has 2 aromatic rings. The summed E-state index contributed by atoms with van der Waals surface area (Å²) in [7, 11) is 1.77. The van der Waals surface area contributed by atoms with Gasteiger partial charge in [-0.25, -0.2) is 5.01 Å². The lowest BCUT2D eigenvalue weighted by molar-refractivity contribution is -0.387. The number of hydrogen-bond donors (Lipinski definition) is 1. The number of nitro benzene ring substituents is 1. The summed E-state index contributed by atoms with van der Waals surface area (Å²) >= 11 is 1.25. The normalized spacial score (nSPS) is 16.6. The number of aromatic nitrogens is 3. The Labute approximate surface area is 209 Å². The highest BCUT2D eigenvalue weighted by molar-refractivity contribution is 7.99. The van der Waals surface area contributed by atoms with Crippen molar-refractivity contribution < 1.29 is 10.0 Å². The second-order valence-electron chi connectivity index (χ2n) is 8.66. The van der Waals surface area contributed by atoms with E-state index >= 15 is 0 Å². The van der Waals surface area contributed by atoms with Gasteiger partial charge in [0.15, 0.2) is 0 Å². The molecule has 2 aliphatic rings. The lowest BCUT2D eigenvalue weighted by atomic mass is 10.1. The van der Waals surface area contributed by atoms with Crippen molar-refractivity contribution in [1.82, 2.24) is 15.0 Å². The van der Waals surface area contributed by atoms with E-state index in [1.807, 2.05) is 0 Å². The number of nitrogens with zero attached hydrogens (tertiary/aromatic N) is 8. The van der Waals surface area contributed by atoms with E-state index in [9.17, 15) is 10.1 Å². The fourth-order valence-corrected chi connectivity index (χ4v) is 4.96. The van der Waals surface area contributed by atoms with Crippen LogP contribution in [0.1, 0.15) is 44.1 Å². The van der Waals surface area contributed by atoms with Crippen LogP contribution in [0.15, 0.2) is 28.2 Å². The van der Waals surface area contributed by atoms with Gasteiger partial charge in [-0.3, -0.25) is 10.1 Å². The monoisotopic (exact) mass is 500 g/mol. The number of hydrogen-bond acceptors (Lipinski definition) is 11. The summed E-state index contributed by atoms with van der Waals surface area (Å²) in [5, 5.41) is 26.6. The molecule has 0 radical (unpaired) electrons. The Morgan fingerprint density at radius 3 is 2.20 bits per heavy atom. The van der Waals surface area contributed by atoms with E-state index in [1.54, 1.807) is 30.4 Å². The Balaban J connectivity index is 1.58. The zero-order valence-corrected chi connectivity index (χ0v) is 20.9. The Morgan fingerprint density at radius 2 is 1.66 bits per heavy atom. The first-order valence-electron chi connectivity index (χ1n) is 12.1. The highest BCUT2D eigenvalue weighted by Gasteiger charge is 2.21. The van der Waals surface area contributed by atoms with Crippen molar-refractivity contribution in [3.8, 4) is 0 Å². The van der Waals surface area contributed by atoms with E-state index in [-0.39, 0.29) is 12.3 Å². The molecule has 0 amide bonds. The van der Waals surface area contributed by atoms with Crippen LogP contribution in [0.5, 0.6) is 0 Å². The molecule has 35 heavy (non-hydrogen) atoms. The maximum Gasteiger partial charge on any atom is 0.283 e. The molecule has 3 heterocycles. The Morgan fingerprint density at radius 1 is 1.06 bits per heavy atom. The summed E-state index contributed by atoms with van der Waals surface area (Å²) in [5.74, 6) is 2.20. The van der Waals surface area contributed by atoms with Crippen molar-refractivity contribution in [2.45, 2.75) is 43.4 Å². The van der Waals surface area contributed by atoms with Gasteiger partial charge in [-0.15, -0.1) is 11.8 Å². The summed E-state index contributed by atoms with van der Waals surface area (Å²) in [6, 6.07) is 4.95. The standard InChI is InChI=1S/C23H32N8O3S/c1-28(24-17-18-8-9-20(35-15-14-32)19(16-18)31(33)34)21-25-22(29-10-4-2-5-11-29)27-23(26-21)30-12-6-3-7-13-30/h8-9,16-17,32H,2-7,10-15H2,1H3/b24-17+.